The molecule has 2 nitrogen and oxygen atoms in total. The number of nitrogen functional groups attached to an aromatic ring is 1. The van der Waals surface area contributed by atoms with E-state index in [1.807, 2.05) is 0 Å². The van der Waals surface area contributed by atoms with E-state index in [1.54, 1.807) is 30.1 Å². The maximum Gasteiger partial charge on any atom is 0.390 e. The Kier molecular flexibility index (Phi) is 4.28. The standard InChI is InChI=1S/C10H12F3IN2/c1-16(5-4-10(11,12)13)9-3-2-7(15)6-8(9)14/h2-3,6H,4-5,15H2,1H3. The topological polar surface area (TPSA) is 29.3 Å². The average Bonchev–Trinajstić information content (AvgIpc) is 2.13. The Morgan fingerprint density at radius 3 is 2.50 bits per heavy atom. The number of nitrogens with zero attached hydrogens (tertiary/aromatic N) is 1. The van der Waals surface area contributed by atoms with Gasteiger partial charge in [-0.05, 0) is 40.8 Å². The van der Waals surface area contributed by atoms with Crippen LogP contribution < -0.4 is 10.6 Å². The predicted octanol–water partition coefficient (Wildman–Crippen LogP) is 3.26. The van der Waals surface area contributed by atoms with Gasteiger partial charge in [-0.25, -0.2) is 0 Å². The number of hydrogen-bond acceptors (Lipinski definition) is 2. The van der Waals surface area contributed by atoms with Crippen LogP contribution >= 0.6 is 22.6 Å². The van der Waals surface area contributed by atoms with Gasteiger partial charge in [0.05, 0.1) is 12.1 Å². The van der Waals surface area contributed by atoms with E-state index < -0.39 is 12.6 Å². The molecule has 0 atom stereocenters. The van der Waals surface area contributed by atoms with Crippen LogP contribution in [0.5, 0.6) is 0 Å². The van der Waals surface area contributed by atoms with Crippen molar-refractivity contribution in [3.8, 4) is 0 Å². The second-order valence-corrected chi connectivity index (χ2v) is 4.66. The summed E-state index contributed by atoms with van der Waals surface area (Å²) >= 11 is 2.06. The molecule has 0 bridgehead atoms. The molecule has 0 aliphatic rings. The lowest BCUT2D eigenvalue weighted by Crippen LogP contribution is -2.24. The zero-order valence-electron chi connectivity index (χ0n) is 8.68. The lowest BCUT2D eigenvalue weighted by Gasteiger charge is -2.21. The van der Waals surface area contributed by atoms with Crippen molar-refractivity contribution in [2.45, 2.75) is 12.6 Å². The molecule has 6 heteroatoms. The van der Waals surface area contributed by atoms with Crippen molar-refractivity contribution in [2.75, 3.05) is 24.2 Å². The Labute approximate surface area is 106 Å². The van der Waals surface area contributed by atoms with E-state index in [-0.39, 0.29) is 6.54 Å². The number of benzene rings is 1. The lowest BCUT2D eigenvalue weighted by molar-refractivity contribution is -0.132. The van der Waals surface area contributed by atoms with Gasteiger partial charge in [-0.3, -0.25) is 0 Å². The molecule has 1 rings (SSSR count). The first kappa shape index (κ1) is 13.4. The van der Waals surface area contributed by atoms with E-state index in [0.717, 1.165) is 9.26 Å². The second kappa shape index (κ2) is 5.11. The van der Waals surface area contributed by atoms with Gasteiger partial charge in [0.15, 0.2) is 0 Å². The third kappa shape index (κ3) is 4.07. The number of nitrogens with two attached hydrogens (primary N) is 1. The lowest BCUT2D eigenvalue weighted by atomic mass is 10.2. The Balaban J connectivity index is 2.70. The third-order valence-corrected chi connectivity index (χ3v) is 2.98. The molecule has 0 spiro atoms. The molecule has 0 amide bonds. The molecule has 16 heavy (non-hydrogen) atoms. The fourth-order valence-electron chi connectivity index (χ4n) is 1.25. The van der Waals surface area contributed by atoms with Gasteiger partial charge in [0.2, 0.25) is 0 Å². The summed E-state index contributed by atoms with van der Waals surface area (Å²) < 4.78 is 37.0. The van der Waals surface area contributed by atoms with Crippen molar-refractivity contribution in [3.05, 3.63) is 21.8 Å². The van der Waals surface area contributed by atoms with Crippen LogP contribution in [0.15, 0.2) is 18.2 Å². The molecule has 1 aromatic rings. The maximum atomic E-state index is 12.0. The minimum atomic E-state index is -4.12. The summed E-state index contributed by atoms with van der Waals surface area (Å²) in [7, 11) is 1.64. The van der Waals surface area contributed by atoms with Crippen LogP contribution in [0.4, 0.5) is 24.5 Å². The first-order valence-electron chi connectivity index (χ1n) is 4.62. The van der Waals surface area contributed by atoms with Crippen LogP contribution in [0.2, 0.25) is 0 Å². The van der Waals surface area contributed by atoms with Gasteiger partial charge in [-0.2, -0.15) is 13.2 Å². The number of anilines is 2. The fourth-order valence-corrected chi connectivity index (χ4v) is 2.20. The molecule has 0 aliphatic carbocycles. The molecule has 0 unspecified atom stereocenters. The second-order valence-electron chi connectivity index (χ2n) is 3.50. The summed E-state index contributed by atoms with van der Waals surface area (Å²) in [5, 5.41) is 0. The Morgan fingerprint density at radius 2 is 2.00 bits per heavy atom. The van der Waals surface area contributed by atoms with Crippen LogP contribution in [0.1, 0.15) is 6.42 Å². The van der Waals surface area contributed by atoms with Gasteiger partial charge in [0.1, 0.15) is 0 Å². The van der Waals surface area contributed by atoms with E-state index in [4.69, 9.17) is 5.73 Å². The summed E-state index contributed by atoms with van der Waals surface area (Å²) in [6, 6.07) is 5.15. The largest absolute Gasteiger partial charge is 0.399 e. The van der Waals surface area contributed by atoms with Crippen molar-refractivity contribution in [1.29, 1.82) is 0 Å². The van der Waals surface area contributed by atoms with Crippen LogP contribution in [0.3, 0.4) is 0 Å². The van der Waals surface area contributed by atoms with Gasteiger partial charge >= 0.3 is 6.18 Å². The van der Waals surface area contributed by atoms with Gasteiger partial charge in [0, 0.05) is 22.8 Å². The summed E-state index contributed by atoms with van der Waals surface area (Å²) in [4.78, 5) is 1.58. The summed E-state index contributed by atoms with van der Waals surface area (Å²) in [5.41, 5.74) is 6.94. The summed E-state index contributed by atoms with van der Waals surface area (Å²) in [6.07, 6.45) is -4.93. The van der Waals surface area contributed by atoms with Crippen molar-refractivity contribution in [1.82, 2.24) is 0 Å². The van der Waals surface area contributed by atoms with Crippen molar-refractivity contribution >= 4 is 34.0 Å². The molecule has 0 fully saturated rings. The molecule has 0 saturated heterocycles. The van der Waals surface area contributed by atoms with E-state index >= 15 is 0 Å². The molecule has 0 heterocycles. The van der Waals surface area contributed by atoms with E-state index in [1.165, 1.54) is 0 Å². The Bertz CT molecular complexity index is 366. The number of rotatable bonds is 3. The number of hydrogen-bond donors (Lipinski definition) is 1. The SMILES string of the molecule is CN(CCC(F)(F)F)c1ccc(N)cc1I. The first-order chi connectivity index (χ1) is 7.29. The normalized spacial score (nSPS) is 11.6. The quantitative estimate of drug-likeness (QED) is 0.674. The van der Waals surface area contributed by atoms with E-state index in [2.05, 4.69) is 22.6 Å². The minimum absolute atomic E-state index is 0.0522. The molecule has 0 aliphatic heterocycles. The van der Waals surface area contributed by atoms with Crippen LogP contribution in [0, 0.1) is 3.57 Å². The molecule has 0 radical (unpaired) electrons. The van der Waals surface area contributed by atoms with Gasteiger partial charge < -0.3 is 10.6 Å². The van der Waals surface area contributed by atoms with Gasteiger partial charge in [-0.1, -0.05) is 0 Å². The van der Waals surface area contributed by atoms with Crippen LogP contribution in [-0.2, 0) is 0 Å². The molecule has 90 valence electrons. The van der Waals surface area contributed by atoms with Crippen molar-refractivity contribution in [2.24, 2.45) is 0 Å². The van der Waals surface area contributed by atoms with Gasteiger partial charge in [-0.15, -0.1) is 0 Å². The smallest absolute Gasteiger partial charge is 0.390 e. The van der Waals surface area contributed by atoms with Crippen molar-refractivity contribution < 1.29 is 13.2 Å². The fraction of sp³-hybridized carbons (Fsp3) is 0.400. The molecule has 1 aromatic carbocycles. The highest BCUT2D eigenvalue weighted by Gasteiger charge is 2.27. The van der Waals surface area contributed by atoms with Crippen LogP contribution in [-0.4, -0.2) is 19.8 Å². The highest BCUT2D eigenvalue weighted by atomic mass is 127. The number of halogens is 4. The minimum Gasteiger partial charge on any atom is -0.399 e. The zero-order valence-corrected chi connectivity index (χ0v) is 10.8. The third-order valence-electron chi connectivity index (χ3n) is 2.11. The zero-order chi connectivity index (χ0) is 12.3. The predicted molar refractivity (Wildman–Crippen MR) is 67.5 cm³/mol. The summed E-state index contributed by atoms with van der Waals surface area (Å²) in [6.45, 7) is -0.0522. The first-order valence-corrected chi connectivity index (χ1v) is 5.70. The molecule has 0 saturated carbocycles. The molecule has 0 aromatic heterocycles. The van der Waals surface area contributed by atoms with Crippen LogP contribution in [0.25, 0.3) is 0 Å². The Hall–Kier alpha value is -0.660. The molecule has 2 N–H and O–H groups in total. The highest BCUT2D eigenvalue weighted by molar-refractivity contribution is 14.1. The van der Waals surface area contributed by atoms with E-state index in [9.17, 15) is 13.2 Å². The Morgan fingerprint density at radius 1 is 1.38 bits per heavy atom. The molecular weight excluding hydrogens is 332 g/mol. The number of alkyl halides is 3. The van der Waals surface area contributed by atoms with E-state index in [0.29, 0.717) is 5.69 Å². The highest BCUT2D eigenvalue weighted by Crippen LogP contribution is 2.26. The summed E-state index contributed by atoms with van der Waals surface area (Å²) in [5.74, 6) is 0. The monoisotopic (exact) mass is 344 g/mol. The van der Waals surface area contributed by atoms with Crippen molar-refractivity contribution in [3.63, 3.8) is 0 Å². The van der Waals surface area contributed by atoms with Gasteiger partial charge in [0.25, 0.3) is 0 Å². The average molecular weight is 344 g/mol. The maximum absolute atomic E-state index is 12.0. The molecular formula is C10H12F3IN2.